The van der Waals surface area contributed by atoms with E-state index in [4.69, 9.17) is 5.73 Å². The number of sulfonamides is 1. The second kappa shape index (κ2) is 6.01. The van der Waals surface area contributed by atoms with Gasteiger partial charge in [0, 0.05) is 34.7 Å². The second-order valence-corrected chi connectivity index (χ2v) is 7.49. The van der Waals surface area contributed by atoms with Gasteiger partial charge in [0.05, 0.1) is 4.90 Å². The largest absolute Gasteiger partial charge is 0.326 e. The highest BCUT2D eigenvalue weighted by atomic mass is 32.2. The van der Waals surface area contributed by atoms with E-state index >= 15 is 0 Å². The van der Waals surface area contributed by atoms with Crippen molar-refractivity contribution in [1.29, 1.82) is 0 Å². The van der Waals surface area contributed by atoms with Crippen LogP contribution in [0, 0.1) is 6.92 Å². The lowest BCUT2D eigenvalue weighted by atomic mass is 10.2. The molecule has 2 aromatic heterocycles. The van der Waals surface area contributed by atoms with Crippen molar-refractivity contribution in [2.75, 3.05) is 0 Å². The van der Waals surface area contributed by atoms with Gasteiger partial charge >= 0.3 is 0 Å². The summed E-state index contributed by atoms with van der Waals surface area (Å²) in [6.07, 6.45) is 3.31. The van der Waals surface area contributed by atoms with Gasteiger partial charge in [0.15, 0.2) is 0 Å². The van der Waals surface area contributed by atoms with Gasteiger partial charge in [-0.2, -0.15) is 0 Å². The van der Waals surface area contributed by atoms with Gasteiger partial charge < -0.3 is 5.73 Å². The average Bonchev–Trinajstić information content (AvgIpc) is 2.81. The first-order valence-corrected chi connectivity index (χ1v) is 8.45. The fourth-order valence-corrected chi connectivity index (χ4v) is 4.63. The minimum atomic E-state index is -3.55. The lowest BCUT2D eigenvalue weighted by molar-refractivity contribution is 0.566. The highest BCUT2D eigenvalue weighted by Gasteiger charge is 2.22. The van der Waals surface area contributed by atoms with E-state index in [1.54, 1.807) is 38.4 Å². The van der Waals surface area contributed by atoms with Crippen LogP contribution in [-0.2, 0) is 16.6 Å². The summed E-state index contributed by atoms with van der Waals surface area (Å²) < 4.78 is 27.5. The molecule has 7 heteroatoms. The average molecular weight is 311 g/mol. The number of hydrogen-bond acceptors (Lipinski definition) is 5. The number of pyridine rings is 1. The Labute approximate surface area is 122 Å². The van der Waals surface area contributed by atoms with E-state index in [1.165, 1.54) is 11.3 Å². The van der Waals surface area contributed by atoms with Crippen molar-refractivity contribution in [2.24, 2.45) is 5.73 Å². The van der Waals surface area contributed by atoms with Crippen LogP contribution < -0.4 is 10.5 Å². The summed E-state index contributed by atoms with van der Waals surface area (Å²) in [6, 6.07) is 4.92. The van der Waals surface area contributed by atoms with Crippen LogP contribution >= 0.6 is 11.3 Å². The molecule has 0 amide bonds. The maximum Gasteiger partial charge on any atom is 0.242 e. The smallest absolute Gasteiger partial charge is 0.242 e. The lowest BCUT2D eigenvalue weighted by Gasteiger charge is -2.14. The van der Waals surface area contributed by atoms with E-state index in [1.807, 2.05) is 6.07 Å². The Morgan fingerprint density at radius 3 is 2.80 bits per heavy atom. The Balaban J connectivity index is 2.25. The van der Waals surface area contributed by atoms with Crippen molar-refractivity contribution >= 4 is 21.4 Å². The molecule has 0 bridgehead atoms. The van der Waals surface area contributed by atoms with Gasteiger partial charge in [0.1, 0.15) is 0 Å². The van der Waals surface area contributed by atoms with Crippen LogP contribution in [0.3, 0.4) is 0 Å². The molecule has 0 aliphatic heterocycles. The molecule has 0 saturated carbocycles. The molecule has 2 aromatic rings. The molecule has 0 fully saturated rings. The van der Waals surface area contributed by atoms with Crippen LogP contribution in [0.4, 0.5) is 0 Å². The first kappa shape index (κ1) is 15.1. The van der Waals surface area contributed by atoms with Crippen molar-refractivity contribution in [2.45, 2.75) is 31.3 Å². The molecule has 0 radical (unpaired) electrons. The van der Waals surface area contributed by atoms with E-state index in [9.17, 15) is 8.42 Å². The number of nitrogens with two attached hydrogens (primary N) is 1. The third-order valence-corrected chi connectivity index (χ3v) is 5.80. The molecule has 1 unspecified atom stereocenters. The van der Waals surface area contributed by atoms with E-state index in [0.29, 0.717) is 11.4 Å². The van der Waals surface area contributed by atoms with Gasteiger partial charge in [-0.05, 0) is 31.5 Å². The number of nitrogens with one attached hydrogen (secondary N) is 1. The summed E-state index contributed by atoms with van der Waals surface area (Å²) in [5, 5.41) is 0. The Kier molecular flexibility index (Phi) is 4.54. The third kappa shape index (κ3) is 3.24. The highest BCUT2D eigenvalue weighted by molar-refractivity contribution is 7.89. The van der Waals surface area contributed by atoms with Crippen molar-refractivity contribution in [3.8, 4) is 0 Å². The number of hydrogen-bond donors (Lipinski definition) is 2. The molecule has 1 atom stereocenters. The molecule has 5 nitrogen and oxygen atoms in total. The summed E-state index contributed by atoms with van der Waals surface area (Å²) in [6.45, 7) is 3.92. The maximum absolute atomic E-state index is 12.4. The molecule has 3 N–H and O–H groups in total. The molecular formula is C13H17N3O2S2. The maximum atomic E-state index is 12.4. The van der Waals surface area contributed by atoms with Gasteiger partial charge in [0.2, 0.25) is 10.0 Å². The molecule has 0 saturated heterocycles. The number of nitrogens with zero attached hydrogens (tertiary/aromatic N) is 1. The Morgan fingerprint density at radius 2 is 2.25 bits per heavy atom. The highest BCUT2D eigenvalue weighted by Crippen LogP contribution is 2.26. The molecule has 0 spiro atoms. The van der Waals surface area contributed by atoms with Crippen LogP contribution in [0.15, 0.2) is 35.5 Å². The Bertz CT molecular complexity index is 681. The third-order valence-electron chi connectivity index (χ3n) is 2.93. The molecule has 0 aliphatic rings. The van der Waals surface area contributed by atoms with Gasteiger partial charge in [-0.15, -0.1) is 11.3 Å². The van der Waals surface area contributed by atoms with Crippen LogP contribution in [0.5, 0.6) is 0 Å². The van der Waals surface area contributed by atoms with Gasteiger partial charge in [-0.3, -0.25) is 4.98 Å². The van der Waals surface area contributed by atoms with Crippen molar-refractivity contribution in [3.63, 3.8) is 0 Å². The summed E-state index contributed by atoms with van der Waals surface area (Å²) in [4.78, 5) is 5.90. The van der Waals surface area contributed by atoms with Crippen LogP contribution in [-0.4, -0.2) is 13.4 Å². The fraction of sp³-hybridized carbons (Fsp3) is 0.308. The SMILES string of the molecule is Cc1sc(CN)cc1S(=O)(=O)NC(C)c1cccnc1. The normalized spacial score (nSPS) is 13.3. The number of rotatable bonds is 5. The second-order valence-electron chi connectivity index (χ2n) is 4.47. The summed E-state index contributed by atoms with van der Waals surface area (Å²) in [5.41, 5.74) is 6.38. The molecule has 0 aliphatic carbocycles. The first-order chi connectivity index (χ1) is 9.44. The van der Waals surface area contributed by atoms with Crippen LogP contribution in [0.1, 0.15) is 28.3 Å². The monoisotopic (exact) mass is 311 g/mol. The molecule has 20 heavy (non-hydrogen) atoms. The Morgan fingerprint density at radius 1 is 1.50 bits per heavy atom. The van der Waals surface area contributed by atoms with Crippen molar-refractivity contribution < 1.29 is 8.42 Å². The molecule has 0 aromatic carbocycles. The summed E-state index contributed by atoms with van der Waals surface area (Å²) in [7, 11) is -3.55. The van der Waals surface area contributed by atoms with Crippen LogP contribution in [0.2, 0.25) is 0 Å². The summed E-state index contributed by atoms with van der Waals surface area (Å²) in [5.74, 6) is 0. The van der Waals surface area contributed by atoms with E-state index in [-0.39, 0.29) is 6.04 Å². The minimum Gasteiger partial charge on any atom is -0.326 e. The zero-order valence-electron chi connectivity index (χ0n) is 11.3. The molecule has 108 valence electrons. The van der Waals surface area contributed by atoms with Crippen molar-refractivity contribution in [1.82, 2.24) is 9.71 Å². The predicted molar refractivity (Wildman–Crippen MR) is 79.9 cm³/mol. The number of aromatic nitrogens is 1. The lowest BCUT2D eigenvalue weighted by Crippen LogP contribution is -2.27. The first-order valence-electron chi connectivity index (χ1n) is 6.15. The number of thiophene rings is 1. The topological polar surface area (TPSA) is 85.1 Å². The molecule has 2 rings (SSSR count). The quantitative estimate of drug-likeness (QED) is 0.884. The number of aryl methyl sites for hydroxylation is 1. The van der Waals surface area contributed by atoms with E-state index < -0.39 is 10.0 Å². The van der Waals surface area contributed by atoms with Crippen molar-refractivity contribution in [3.05, 3.63) is 45.9 Å². The molecule has 2 heterocycles. The standard InChI is InChI=1S/C13H17N3O2S2/c1-9(11-4-3-5-15-8-11)16-20(17,18)13-6-12(7-14)19-10(13)2/h3-6,8-9,16H,7,14H2,1-2H3. The van der Waals surface area contributed by atoms with E-state index in [2.05, 4.69) is 9.71 Å². The zero-order valence-corrected chi connectivity index (χ0v) is 13.0. The van der Waals surface area contributed by atoms with Gasteiger partial charge in [-0.1, -0.05) is 6.07 Å². The minimum absolute atomic E-state index is 0.304. The predicted octanol–water partition coefficient (Wildman–Crippen LogP) is 1.95. The van der Waals surface area contributed by atoms with E-state index in [0.717, 1.165) is 15.3 Å². The fourth-order valence-electron chi connectivity index (χ4n) is 1.89. The molecular weight excluding hydrogens is 294 g/mol. The van der Waals surface area contributed by atoms with Gasteiger partial charge in [0.25, 0.3) is 0 Å². The summed E-state index contributed by atoms with van der Waals surface area (Å²) >= 11 is 1.41. The Hall–Kier alpha value is -1.28. The zero-order chi connectivity index (χ0) is 14.8. The van der Waals surface area contributed by atoms with Crippen LogP contribution in [0.25, 0.3) is 0 Å². The van der Waals surface area contributed by atoms with Gasteiger partial charge in [-0.25, -0.2) is 13.1 Å².